The maximum atomic E-state index is 12.7. The van der Waals surface area contributed by atoms with Gasteiger partial charge in [-0.05, 0) is 43.1 Å². The van der Waals surface area contributed by atoms with E-state index in [0.717, 1.165) is 25.9 Å². The van der Waals surface area contributed by atoms with Gasteiger partial charge in [0.05, 0.1) is 6.10 Å². The van der Waals surface area contributed by atoms with Gasteiger partial charge in [-0.15, -0.1) is 0 Å². The smallest absolute Gasteiger partial charge is 0.223 e. The summed E-state index contributed by atoms with van der Waals surface area (Å²) in [6.07, 6.45) is 6.50. The number of nitrogens with one attached hydrogen (secondary N) is 1. The van der Waals surface area contributed by atoms with Crippen LogP contribution in [-0.2, 0) is 9.53 Å². The predicted octanol–water partition coefficient (Wildman–Crippen LogP) is 2.55. The van der Waals surface area contributed by atoms with Crippen LogP contribution in [0.2, 0.25) is 0 Å². The van der Waals surface area contributed by atoms with Crippen LogP contribution in [0.4, 0.5) is 0 Å². The first-order chi connectivity index (χ1) is 14.2. The Labute approximate surface area is 173 Å². The number of likely N-dealkylation sites (tertiary alicyclic amines) is 1. The number of aliphatic hydroxyl groups excluding tert-OH is 1. The van der Waals surface area contributed by atoms with Gasteiger partial charge in [0.15, 0.2) is 0 Å². The van der Waals surface area contributed by atoms with Gasteiger partial charge in [0.2, 0.25) is 5.91 Å². The van der Waals surface area contributed by atoms with Crippen LogP contribution in [0.15, 0.2) is 30.3 Å². The molecule has 1 amide bonds. The fourth-order valence-electron chi connectivity index (χ4n) is 6.50. The molecule has 2 N–H and O–H groups in total. The topological polar surface area (TPSA) is 61.8 Å². The summed E-state index contributed by atoms with van der Waals surface area (Å²) in [6.45, 7) is 3.81. The summed E-state index contributed by atoms with van der Waals surface area (Å²) < 4.78 is 5.39. The molecule has 2 saturated heterocycles. The molecule has 2 saturated carbocycles. The summed E-state index contributed by atoms with van der Waals surface area (Å²) in [7, 11) is 0. The second kappa shape index (κ2) is 8.01. The van der Waals surface area contributed by atoms with E-state index < -0.39 is 0 Å². The fourth-order valence-corrected chi connectivity index (χ4v) is 6.50. The predicted molar refractivity (Wildman–Crippen MR) is 111 cm³/mol. The Balaban J connectivity index is 1.31. The van der Waals surface area contributed by atoms with E-state index in [-0.39, 0.29) is 23.3 Å². The summed E-state index contributed by atoms with van der Waals surface area (Å²) in [6, 6.07) is 11.3. The second-order valence-electron chi connectivity index (χ2n) is 9.62. The molecule has 5 heteroatoms. The lowest BCUT2D eigenvalue weighted by molar-refractivity contribution is -0.127. The number of carbonyl (C=O) groups excluding carboxylic acids is 1. The third kappa shape index (κ3) is 3.51. The summed E-state index contributed by atoms with van der Waals surface area (Å²) >= 11 is 0. The Kier molecular flexibility index (Phi) is 5.39. The molecule has 0 aromatic heterocycles. The Morgan fingerprint density at radius 3 is 2.59 bits per heavy atom. The molecule has 4 fully saturated rings. The number of nitrogens with zero attached hydrogens (tertiary/aromatic N) is 1. The van der Waals surface area contributed by atoms with Crippen molar-refractivity contribution in [2.45, 2.75) is 56.6 Å². The average Bonchev–Trinajstić information content (AvgIpc) is 3.06. The highest BCUT2D eigenvalue weighted by atomic mass is 16.5. The molecule has 2 aliphatic carbocycles. The van der Waals surface area contributed by atoms with E-state index in [1.807, 2.05) is 0 Å². The number of β-amino-alcohol motifs (C(OH)–C–C–N with tert-alkyl or cyclic N) is 1. The van der Waals surface area contributed by atoms with Crippen molar-refractivity contribution >= 4 is 5.91 Å². The number of benzene rings is 1. The van der Waals surface area contributed by atoms with Gasteiger partial charge in [0, 0.05) is 50.2 Å². The number of rotatable bonds is 5. The minimum Gasteiger partial charge on any atom is -0.391 e. The van der Waals surface area contributed by atoms with E-state index >= 15 is 0 Å². The highest BCUT2D eigenvalue weighted by Gasteiger charge is 2.71. The molecular weight excluding hydrogens is 364 g/mol. The molecule has 0 radical (unpaired) electrons. The minimum atomic E-state index is -0.307. The van der Waals surface area contributed by atoms with Crippen LogP contribution in [0.3, 0.4) is 0 Å². The minimum absolute atomic E-state index is 0.0807. The average molecular weight is 399 g/mol. The Morgan fingerprint density at radius 2 is 1.86 bits per heavy atom. The third-order valence-corrected chi connectivity index (χ3v) is 8.16. The summed E-state index contributed by atoms with van der Waals surface area (Å²) in [5.41, 5.74) is 1.21. The van der Waals surface area contributed by atoms with Crippen LogP contribution >= 0.6 is 0 Å². The van der Waals surface area contributed by atoms with E-state index in [9.17, 15) is 9.90 Å². The summed E-state index contributed by atoms with van der Waals surface area (Å²) in [4.78, 5) is 15.2. The zero-order valence-electron chi connectivity index (χ0n) is 17.3. The molecule has 2 aliphatic heterocycles. The maximum Gasteiger partial charge on any atom is 0.223 e. The lowest BCUT2D eigenvalue weighted by Gasteiger charge is -2.23. The standard InChI is InChI=1S/C24H34N2O3/c27-21-15-26(19-8-4-5-9-19)16-24(21)20(22(24)17-6-2-1-3-7-17)14-25-23(28)18-10-12-29-13-11-18/h1-3,6-7,18-22,27H,4-5,8-16H2,(H,25,28)/t20-,21-,22-,24-/m1/s1. The number of aliphatic hydroxyl groups is 1. The molecule has 158 valence electrons. The highest BCUT2D eigenvalue weighted by Crippen LogP contribution is 2.69. The molecule has 29 heavy (non-hydrogen) atoms. The molecule has 1 aromatic rings. The van der Waals surface area contributed by atoms with Gasteiger partial charge in [-0.1, -0.05) is 43.2 Å². The van der Waals surface area contributed by atoms with Crippen molar-refractivity contribution in [2.75, 3.05) is 32.8 Å². The summed E-state index contributed by atoms with van der Waals surface area (Å²) in [5, 5.41) is 14.4. The molecular formula is C24H34N2O3. The Hall–Kier alpha value is -1.43. The lowest BCUT2D eigenvalue weighted by atomic mass is 9.95. The van der Waals surface area contributed by atoms with Gasteiger partial charge in [0.1, 0.15) is 0 Å². The van der Waals surface area contributed by atoms with Crippen molar-refractivity contribution in [1.82, 2.24) is 10.2 Å². The Bertz CT molecular complexity index is 714. The normalized spacial score (nSPS) is 36.0. The quantitative estimate of drug-likeness (QED) is 0.800. The van der Waals surface area contributed by atoms with Gasteiger partial charge >= 0.3 is 0 Å². The lowest BCUT2D eigenvalue weighted by Crippen LogP contribution is -2.36. The molecule has 0 bridgehead atoms. The van der Waals surface area contributed by atoms with E-state index in [1.54, 1.807) is 0 Å². The monoisotopic (exact) mass is 398 g/mol. The molecule has 5 rings (SSSR count). The van der Waals surface area contributed by atoms with E-state index in [0.29, 0.717) is 37.6 Å². The second-order valence-corrected chi connectivity index (χ2v) is 9.62. The molecule has 4 atom stereocenters. The zero-order chi connectivity index (χ0) is 19.8. The number of hydrogen-bond donors (Lipinski definition) is 2. The van der Waals surface area contributed by atoms with Crippen LogP contribution in [0.25, 0.3) is 0 Å². The van der Waals surface area contributed by atoms with Crippen LogP contribution in [0.1, 0.15) is 50.0 Å². The van der Waals surface area contributed by atoms with Crippen molar-refractivity contribution in [1.29, 1.82) is 0 Å². The van der Waals surface area contributed by atoms with Gasteiger partial charge in [0.25, 0.3) is 0 Å². The molecule has 4 aliphatic rings. The largest absolute Gasteiger partial charge is 0.391 e. The van der Waals surface area contributed by atoms with Crippen molar-refractivity contribution < 1.29 is 14.6 Å². The van der Waals surface area contributed by atoms with E-state index in [1.165, 1.54) is 31.2 Å². The Morgan fingerprint density at radius 1 is 1.14 bits per heavy atom. The van der Waals surface area contributed by atoms with Gasteiger partial charge in [-0.2, -0.15) is 0 Å². The van der Waals surface area contributed by atoms with Crippen LogP contribution in [0, 0.1) is 17.3 Å². The van der Waals surface area contributed by atoms with Crippen LogP contribution in [0.5, 0.6) is 0 Å². The molecule has 2 heterocycles. The van der Waals surface area contributed by atoms with Crippen molar-refractivity contribution in [2.24, 2.45) is 17.3 Å². The van der Waals surface area contributed by atoms with E-state index in [2.05, 4.69) is 40.5 Å². The first kappa shape index (κ1) is 19.5. The third-order valence-electron chi connectivity index (χ3n) is 8.16. The van der Waals surface area contributed by atoms with Crippen molar-refractivity contribution in [3.8, 4) is 0 Å². The van der Waals surface area contributed by atoms with Crippen LogP contribution < -0.4 is 5.32 Å². The van der Waals surface area contributed by atoms with Crippen LogP contribution in [-0.4, -0.2) is 60.9 Å². The summed E-state index contributed by atoms with van der Waals surface area (Å²) in [5.74, 6) is 0.898. The first-order valence-electron chi connectivity index (χ1n) is 11.5. The number of hydrogen-bond acceptors (Lipinski definition) is 4. The molecule has 0 unspecified atom stereocenters. The number of carbonyl (C=O) groups is 1. The number of ether oxygens (including phenoxy) is 1. The molecule has 5 nitrogen and oxygen atoms in total. The van der Waals surface area contributed by atoms with Gasteiger partial charge < -0.3 is 15.2 Å². The SMILES string of the molecule is O=C(NC[C@@H]1[C@@H](c2ccccc2)[C@]12CN(C1CCCC1)C[C@H]2O)C1CCOCC1. The maximum absolute atomic E-state index is 12.7. The number of amides is 1. The fraction of sp³-hybridized carbons (Fsp3) is 0.708. The molecule has 1 aromatic carbocycles. The van der Waals surface area contributed by atoms with Gasteiger partial charge in [-0.3, -0.25) is 9.69 Å². The zero-order valence-corrected chi connectivity index (χ0v) is 17.3. The van der Waals surface area contributed by atoms with Gasteiger partial charge in [-0.25, -0.2) is 0 Å². The molecule has 1 spiro atoms. The van der Waals surface area contributed by atoms with E-state index in [4.69, 9.17) is 4.74 Å². The highest BCUT2D eigenvalue weighted by molar-refractivity contribution is 5.78. The first-order valence-corrected chi connectivity index (χ1v) is 11.5. The van der Waals surface area contributed by atoms with Crippen molar-refractivity contribution in [3.05, 3.63) is 35.9 Å². The van der Waals surface area contributed by atoms with Crippen molar-refractivity contribution in [3.63, 3.8) is 0 Å².